The summed E-state index contributed by atoms with van der Waals surface area (Å²) in [4.78, 5) is 27.7. The summed E-state index contributed by atoms with van der Waals surface area (Å²) in [5, 5.41) is 8.45. The van der Waals surface area contributed by atoms with Crippen LogP contribution in [0.15, 0.2) is 12.4 Å². The van der Waals surface area contributed by atoms with Crippen LogP contribution in [0, 0.1) is 0 Å². The van der Waals surface area contributed by atoms with Crippen molar-refractivity contribution in [2.45, 2.75) is 0 Å². The van der Waals surface area contributed by atoms with Crippen LogP contribution in [0.5, 0.6) is 0 Å². The predicted molar refractivity (Wildman–Crippen MR) is 37.5 cm³/mol. The van der Waals surface area contributed by atoms with Gasteiger partial charge in [-0.1, -0.05) is 0 Å². The van der Waals surface area contributed by atoms with E-state index in [-0.39, 0.29) is 11.4 Å². The lowest BCUT2D eigenvalue weighted by Gasteiger charge is -1.94. The Kier molecular flexibility index (Phi) is 2.00. The zero-order valence-corrected chi connectivity index (χ0v) is 5.89. The number of rotatable bonds is 2. The number of carbonyl (C=O) groups is 2. The maximum atomic E-state index is 10.5. The Morgan fingerprint density at radius 3 is 2.42 bits per heavy atom. The number of carboxylic acids is 1. The van der Waals surface area contributed by atoms with E-state index < -0.39 is 11.9 Å². The largest absolute Gasteiger partial charge is 0.477 e. The van der Waals surface area contributed by atoms with Gasteiger partial charge in [0.1, 0.15) is 12.0 Å². The first-order valence-corrected chi connectivity index (χ1v) is 2.96. The molecule has 0 aliphatic heterocycles. The third-order valence-electron chi connectivity index (χ3n) is 1.14. The molecule has 0 aromatic carbocycles. The van der Waals surface area contributed by atoms with Crippen LogP contribution in [0.25, 0.3) is 0 Å². The van der Waals surface area contributed by atoms with Gasteiger partial charge in [-0.3, -0.25) is 4.79 Å². The molecular formula is C6H5N3O3. The zero-order valence-electron chi connectivity index (χ0n) is 5.89. The van der Waals surface area contributed by atoms with Gasteiger partial charge in [0.05, 0.1) is 0 Å². The molecule has 1 rings (SSSR count). The van der Waals surface area contributed by atoms with E-state index >= 15 is 0 Å². The molecule has 0 saturated heterocycles. The second-order valence-electron chi connectivity index (χ2n) is 1.96. The highest BCUT2D eigenvalue weighted by Crippen LogP contribution is 1.96. The van der Waals surface area contributed by atoms with Crippen molar-refractivity contribution in [1.82, 2.24) is 9.97 Å². The molecule has 1 heterocycles. The summed E-state index contributed by atoms with van der Waals surface area (Å²) >= 11 is 0. The number of hydrogen-bond acceptors (Lipinski definition) is 4. The monoisotopic (exact) mass is 167 g/mol. The molecule has 0 atom stereocenters. The fraction of sp³-hybridized carbons (Fsp3) is 0. The predicted octanol–water partition coefficient (Wildman–Crippen LogP) is -0.726. The Labute approximate surface area is 67.1 Å². The Bertz CT molecular complexity index is 307. The number of nitrogens with two attached hydrogens (primary N) is 1. The highest BCUT2D eigenvalue weighted by molar-refractivity contribution is 5.93. The van der Waals surface area contributed by atoms with Gasteiger partial charge in [0.15, 0.2) is 5.69 Å². The van der Waals surface area contributed by atoms with Crippen LogP contribution in [0.4, 0.5) is 0 Å². The summed E-state index contributed by atoms with van der Waals surface area (Å²) in [5.74, 6) is -2.00. The van der Waals surface area contributed by atoms with E-state index in [1.54, 1.807) is 0 Å². The Morgan fingerprint density at radius 2 is 1.92 bits per heavy atom. The fourth-order valence-corrected chi connectivity index (χ4v) is 0.609. The van der Waals surface area contributed by atoms with Gasteiger partial charge < -0.3 is 10.8 Å². The Balaban J connectivity index is 3.12. The van der Waals surface area contributed by atoms with Gasteiger partial charge in [0.25, 0.3) is 5.91 Å². The third kappa shape index (κ3) is 1.54. The smallest absolute Gasteiger partial charge is 0.354 e. The van der Waals surface area contributed by atoms with Crippen LogP contribution in [-0.2, 0) is 0 Å². The first kappa shape index (κ1) is 8.12. The average molecular weight is 167 g/mol. The van der Waals surface area contributed by atoms with Crippen LogP contribution in [0.3, 0.4) is 0 Å². The fourth-order valence-electron chi connectivity index (χ4n) is 0.609. The maximum Gasteiger partial charge on any atom is 0.354 e. The second-order valence-corrected chi connectivity index (χ2v) is 1.96. The van der Waals surface area contributed by atoms with Crippen molar-refractivity contribution in [3.8, 4) is 0 Å². The summed E-state index contributed by atoms with van der Waals surface area (Å²) in [5.41, 5.74) is 4.50. The molecule has 62 valence electrons. The van der Waals surface area contributed by atoms with E-state index in [2.05, 4.69) is 9.97 Å². The zero-order chi connectivity index (χ0) is 9.14. The molecule has 3 N–H and O–H groups in total. The molecule has 0 aliphatic carbocycles. The highest BCUT2D eigenvalue weighted by atomic mass is 16.4. The SMILES string of the molecule is NC(=O)c1cc(C(=O)O)ncn1. The number of hydrogen-bond donors (Lipinski definition) is 2. The van der Waals surface area contributed by atoms with E-state index in [0.29, 0.717) is 0 Å². The lowest BCUT2D eigenvalue weighted by atomic mass is 10.3. The number of carboxylic acid groups (broad SMARTS) is 1. The van der Waals surface area contributed by atoms with E-state index in [9.17, 15) is 9.59 Å². The number of nitrogens with zero attached hydrogens (tertiary/aromatic N) is 2. The molecule has 6 nitrogen and oxygen atoms in total. The molecule has 0 fully saturated rings. The molecule has 6 heteroatoms. The normalized spacial score (nSPS) is 9.33. The van der Waals surface area contributed by atoms with Crippen molar-refractivity contribution in [3.63, 3.8) is 0 Å². The summed E-state index contributed by atoms with van der Waals surface area (Å²) in [7, 11) is 0. The molecule has 0 bridgehead atoms. The Morgan fingerprint density at radius 1 is 1.33 bits per heavy atom. The van der Waals surface area contributed by atoms with Gasteiger partial charge in [-0.25, -0.2) is 14.8 Å². The third-order valence-corrected chi connectivity index (χ3v) is 1.14. The average Bonchev–Trinajstić information content (AvgIpc) is 2.04. The van der Waals surface area contributed by atoms with Crippen molar-refractivity contribution in [3.05, 3.63) is 23.8 Å². The number of aromatic nitrogens is 2. The quantitative estimate of drug-likeness (QED) is 0.604. The molecule has 1 aromatic heterocycles. The molecule has 0 unspecified atom stereocenters. The van der Waals surface area contributed by atoms with Crippen molar-refractivity contribution in [2.75, 3.05) is 0 Å². The molecule has 12 heavy (non-hydrogen) atoms. The molecule has 0 radical (unpaired) electrons. The number of aromatic carboxylic acids is 1. The van der Waals surface area contributed by atoms with Crippen molar-refractivity contribution < 1.29 is 14.7 Å². The summed E-state index contributed by atoms with van der Waals surface area (Å²) in [6.45, 7) is 0. The molecule has 1 amide bonds. The first-order chi connectivity index (χ1) is 5.61. The van der Waals surface area contributed by atoms with E-state index in [1.165, 1.54) is 0 Å². The molecule has 0 aliphatic rings. The molecule has 1 aromatic rings. The molecular weight excluding hydrogens is 162 g/mol. The topological polar surface area (TPSA) is 106 Å². The number of amides is 1. The van der Waals surface area contributed by atoms with Gasteiger partial charge >= 0.3 is 5.97 Å². The van der Waals surface area contributed by atoms with Gasteiger partial charge in [0.2, 0.25) is 0 Å². The van der Waals surface area contributed by atoms with Crippen LogP contribution in [0.1, 0.15) is 21.0 Å². The van der Waals surface area contributed by atoms with Crippen LogP contribution >= 0.6 is 0 Å². The van der Waals surface area contributed by atoms with Crippen LogP contribution in [-0.4, -0.2) is 27.0 Å². The van der Waals surface area contributed by atoms with Gasteiger partial charge in [-0.15, -0.1) is 0 Å². The summed E-state index contributed by atoms with van der Waals surface area (Å²) < 4.78 is 0. The number of carbonyl (C=O) groups excluding carboxylic acids is 1. The minimum absolute atomic E-state index is 0.109. The van der Waals surface area contributed by atoms with Gasteiger partial charge in [-0.05, 0) is 0 Å². The standard InChI is InChI=1S/C6H5N3O3/c7-5(10)3-1-4(6(11)12)9-2-8-3/h1-2H,(H2,7,10)(H,11,12). The minimum atomic E-state index is -1.22. The van der Waals surface area contributed by atoms with Crippen molar-refractivity contribution in [1.29, 1.82) is 0 Å². The maximum absolute atomic E-state index is 10.5. The van der Waals surface area contributed by atoms with Crippen LogP contribution < -0.4 is 5.73 Å². The lowest BCUT2D eigenvalue weighted by Crippen LogP contribution is -2.14. The Hall–Kier alpha value is -1.98. The summed E-state index contributed by atoms with van der Waals surface area (Å²) in [6.07, 6.45) is 0.976. The molecule has 0 spiro atoms. The summed E-state index contributed by atoms with van der Waals surface area (Å²) in [6, 6.07) is 1.02. The second kappa shape index (κ2) is 2.95. The highest BCUT2D eigenvalue weighted by Gasteiger charge is 2.08. The lowest BCUT2D eigenvalue weighted by molar-refractivity contribution is 0.0690. The van der Waals surface area contributed by atoms with Crippen molar-refractivity contribution in [2.24, 2.45) is 5.73 Å². The van der Waals surface area contributed by atoms with Crippen LogP contribution in [0.2, 0.25) is 0 Å². The van der Waals surface area contributed by atoms with Crippen molar-refractivity contribution >= 4 is 11.9 Å². The minimum Gasteiger partial charge on any atom is -0.477 e. The molecule has 0 saturated carbocycles. The number of primary amides is 1. The van der Waals surface area contributed by atoms with Gasteiger partial charge in [0, 0.05) is 6.07 Å². The van der Waals surface area contributed by atoms with E-state index in [1.807, 2.05) is 0 Å². The van der Waals surface area contributed by atoms with Gasteiger partial charge in [-0.2, -0.15) is 0 Å². The van der Waals surface area contributed by atoms with E-state index in [4.69, 9.17) is 10.8 Å². The van der Waals surface area contributed by atoms with E-state index in [0.717, 1.165) is 12.4 Å². The first-order valence-electron chi connectivity index (χ1n) is 2.96.